The lowest BCUT2D eigenvalue weighted by molar-refractivity contribution is 0.259. The van der Waals surface area contributed by atoms with Crippen molar-refractivity contribution in [3.8, 4) is 5.75 Å². The van der Waals surface area contributed by atoms with E-state index in [1.54, 1.807) is 18.2 Å². The molecular weight excluding hydrogens is 192 g/mol. The van der Waals surface area contributed by atoms with Crippen LogP contribution in [0.2, 0.25) is 5.02 Å². The molecule has 1 aromatic rings. The Morgan fingerprint density at radius 3 is 2.77 bits per heavy atom. The van der Waals surface area contributed by atoms with Gasteiger partial charge in [-0.2, -0.15) is 0 Å². The van der Waals surface area contributed by atoms with Crippen molar-refractivity contribution in [2.75, 3.05) is 12.4 Å². The highest BCUT2D eigenvalue weighted by molar-refractivity contribution is 6.31. The minimum atomic E-state index is -0.635. The van der Waals surface area contributed by atoms with Crippen LogP contribution in [0.4, 0.5) is 10.5 Å². The number of nitrogens with two attached hydrogens (primary N) is 1. The van der Waals surface area contributed by atoms with E-state index in [1.807, 2.05) is 0 Å². The lowest BCUT2D eigenvalue weighted by Gasteiger charge is -2.05. The number of hydrogen-bond acceptors (Lipinski definition) is 2. The molecule has 1 rings (SSSR count). The first kappa shape index (κ1) is 9.67. The van der Waals surface area contributed by atoms with E-state index in [2.05, 4.69) is 5.32 Å². The molecule has 0 heterocycles. The fourth-order valence-electron chi connectivity index (χ4n) is 0.895. The molecule has 3 N–H and O–H groups in total. The van der Waals surface area contributed by atoms with Crippen LogP contribution in [0.1, 0.15) is 0 Å². The highest BCUT2D eigenvalue weighted by Gasteiger charge is 2.00. The number of carbonyl (C=O) groups excluding carboxylic acids is 1. The summed E-state index contributed by atoms with van der Waals surface area (Å²) in [5, 5.41) is 2.87. The van der Waals surface area contributed by atoms with Gasteiger partial charge in [-0.3, -0.25) is 0 Å². The van der Waals surface area contributed by atoms with Crippen LogP contribution in [0.15, 0.2) is 18.2 Å². The fourth-order valence-corrected chi connectivity index (χ4v) is 1.12. The van der Waals surface area contributed by atoms with Crippen LogP contribution in [-0.4, -0.2) is 13.1 Å². The lowest BCUT2D eigenvalue weighted by atomic mass is 10.3. The molecule has 0 saturated heterocycles. The zero-order valence-electron chi connectivity index (χ0n) is 7.00. The fraction of sp³-hybridized carbons (Fsp3) is 0.125. The quantitative estimate of drug-likeness (QED) is 0.765. The van der Waals surface area contributed by atoms with E-state index in [0.717, 1.165) is 0 Å². The molecule has 0 aliphatic heterocycles. The first-order chi connectivity index (χ1) is 6.11. The van der Waals surface area contributed by atoms with Crippen molar-refractivity contribution < 1.29 is 9.53 Å². The number of halogens is 1. The molecular formula is C8H9ClN2O2. The van der Waals surface area contributed by atoms with Crippen LogP contribution in [0.5, 0.6) is 5.75 Å². The average molecular weight is 201 g/mol. The van der Waals surface area contributed by atoms with Crippen molar-refractivity contribution in [3.05, 3.63) is 23.2 Å². The number of carbonyl (C=O) groups is 1. The molecule has 0 unspecified atom stereocenters. The third-order valence-electron chi connectivity index (χ3n) is 1.37. The van der Waals surface area contributed by atoms with Crippen LogP contribution in [0.3, 0.4) is 0 Å². The topological polar surface area (TPSA) is 64.3 Å². The van der Waals surface area contributed by atoms with Gasteiger partial charge in [-0.05, 0) is 12.1 Å². The summed E-state index contributed by atoms with van der Waals surface area (Å²) < 4.78 is 4.94. The molecule has 0 spiro atoms. The Labute approximate surface area is 80.6 Å². The van der Waals surface area contributed by atoms with E-state index in [1.165, 1.54) is 7.11 Å². The van der Waals surface area contributed by atoms with Gasteiger partial charge in [0.05, 0.1) is 7.11 Å². The number of amides is 2. The van der Waals surface area contributed by atoms with E-state index in [4.69, 9.17) is 22.1 Å². The van der Waals surface area contributed by atoms with Gasteiger partial charge in [0.15, 0.2) is 0 Å². The van der Waals surface area contributed by atoms with Gasteiger partial charge >= 0.3 is 6.03 Å². The third kappa shape index (κ3) is 2.83. The third-order valence-corrected chi connectivity index (χ3v) is 1.59. The van der Waals surface area contributed by atoms with E-state index < -0.39 is 6.03 Å². The molecule has 2 amide bonds. The Morgan fingerprint density at radius 2 is 2.23 bits per heavy atom. The number of anilines is 1. The molecule has 0 aliphatic carbocycles. The van der Waals surface area contributed by atoms with Crippen LogP contribution in [-0.2, 0) is 0 Å². The highest BCUT2D eigenvalue weighted by Crippen LogP contribution is 2.23. The Balaban J connectivity index is 2.94. The van der Waals surface area contributed by atoms with Gasteiger partial charge in [-0.25, -0.2) is 4.79 Å². The molecule has 0 aliphatic rings. The molecule has 4 nitrogen and oxygen atoms in total. The minimum absolute atomic E-state index is 0.475. The predicted molar refractivity (Wildman–Crippen MR) is 51.2 cm³/mol. The van der Waals surface area contributed by atoms with Gasteiger partial charge in [-0.15, -0.1) is 0 Å². The SMILES string of the molecule is COc1cc(Cl)cc(NC(N)=O)c1. The maximum atomic E-state index is 10.5. The number of urea groups is 1. The number of primary amides is 1. The standard InChI is InChI=1S/C8H9ClN2O2/c1-13-7-3-5(9)2-6(4-7)11-8(10)12/h2-4H,1H3,(H3,10,11,12). The normalized spacial score (nSPS) is 9.38. The molecule has 13 heavy (non-hydrogen) atoms. The number of methoxy groups -OCH3 is 1. The van der Waals surface area contributed by atoms with Crippen molar-refractivity contribution >= 4 is 23.3 Å². The van der Waals surface area contributed by atoms with E-state index in [0.29, 0.717) is 16.5 Å². The number of nitrogens with one attached hydrogen (secondary N) is 1. The molecule has 70 valence electrons. The summed E-state index contributed by atoms with van der Waals surface area (Å²) in [6, 6.07) is 4.20. The highest BCUT2D eigenvalue weighted by atomic mass is 35.5. The zero-order valence-corrected chi connectivity index (χ0v) is 7.76. The Kier molecular flexibility index (Phi) is 2.97. The molecule has 0 atom stereocenters. The molecule has 0 radical (unpaired) electrons. The summed E-state index contributed by atoms with van der Waals surface area (Å²) in [7, 11) is 1.51. The van der Waals surface area contributed by atoms with Gasteiger partial charge in [0.2, 0.25) is 0 Å². The van der Waals surface area contributed by atoms with Crippen molar-refractivity contribution in [2.24, 2.45) is 5.73 Å². The van der Waals surface area contributed by atoms with Crippen LogP contribution in [0.25, 0.3) is 0 Å². The largest absolute Gasteiger partial charge is 0.497 e. The van der Waals surface area contributed by atoms with Crippen molar-refractivity contribution in [3.63, 3.8) is 0 Å². The molecule has 1 aromatic carbocycles. The van der Waals surface area contributed by atoms with E-state index in [-0.39, 0.29) is 0 Å². The predicted octanol–water partition coefficient (Wildman–Crippen LogP) is 1.84. The van der Waals surface area contributed by atoms with Gasteiger partial charge in [-0.1, -0.05) is 11.6 Å². The second-order valence-electron chi connectivity index (χ2n) is 2.37. The Morgan fingerprint density at radius 1 is 1.54 bits per heavy atom. The average Bonchev–Trinajstić information content (AvgIpc) is 2.01. The van der Waals surface area contributed by atoms with Gasteiger partial charge in [0.1, 0.15) is 5.75 Å². The first-order valence-corrected chi connectivity index (χ1v) is 3.90. The maximum absolute atomic E-state index is 10.5. The molecule has 0 bridgehead atoms. The summed E-state index contributed by atoms with van der Waals surface area (Å²) in [4.78, 5) is 10.5. The summed E-state index contributed by atoms with van der Waals surface area (Å²) in [5.74, 6) is 0.566. The van der Waals surface area contributed by atoms with Gasteiger partial charge in [0.25, 0.3) is 0 Å². The second kappa shape index (κ2) is 4.00. The van der Waals surface area contributed by atoms with Gasteiger partial charge < -0.3 is 15.8 Å². The number of benzene rings is 1. The first-order valence-electron chi connectivity index (χ1n) is 3.53. The summed E-state index contributed by atoms with van der Waals surface area (Å²) in [6.45, 7) is 0. The zero-order chi connectivity index (χ0) is 9.84. The van der Waals surface area contributed by atoms with Crippen molar-refractivity contribution in [1.82, 2.24) is 0 Å². The van der Waals surface area contributed by atoms with Crippen LogP contribution in [0, 0.1) is 0 Å². The lowest BCUT2D eigenvalue weighted by Crippen LogP contribution is -2.19. The van der Waals surface area contributed by atoms with E-state index >= 15 is 0 Å². The molecule has 0 fully saturated rings. The van der Waals surface area contributed by atoms with E-state index in [9.17, 15) is 4.79 Å². The number of rotatable bonds is 2. The molecule has 0 saturated carbocycles. The second-order valence-corrected chi connectivity index (χ2v) is 2.81. The number of ether oxygens (including phenoxy) is 1. The van der Waals surface area contributed by atoms with Crippen molar-refractivity contribution in [1.29, 1.82) is 0 Å². The summed E-state index contributed by atoms with van der Waals surface area (Å²) in [6.07, 6.45) is 0. The van der Waals surface area contributed by atoms with Gasteiger partial charge in [0, 0.05) is 16.8 Å². The van der Waals surface area contributed by atoms with Crippen molar-refractivity contribution in [2.45, 2.75) is 0 Å². The summed E-state index contributed by atoms with van der Waals surface area (Å²) >= 11 is 5.74. The minimum Gasteiger partial charge on any atom is -0.497 e. The van der Waals surface area contributed by atoms with Crippen LogP contribution >= 0.6 is 11.6 Å². The monoisotopic (exact) mass is 200 g/mol. The molecule has 5 heteroatoms. The molecule has 0 aromatic heterocycles. The van der Waals surface area contributed by atoms with Crippen LogP contribution < -0.4 is 15.8 Å². The Bertz CT molecular complexity index is 328. The number of hydrogen-bond donors (Lipinski definition) is 2. The maximum Gasteiger partial charge on any atom is 0.316 e. The smallest absolute Gasteiger partial charge is 0.316 e. The summed E-state index contributed by atoms with van der Waals surface area (Å²) in [5.41, 5.74) is 5.44. The Hall–Kier alpha value is -1.42.